The summed E-state index contributed by atoms with van der Waals surface area (Å²) in [7, 11) is 1.64. The third kappa shape index (κ3) is 2.31. The Morgan fingerprint density at radius 2 is 2.09 bits per heavy atom. The molecule has 0 saturated carbocycles. The van der Waals surface area contributed by atoms with Crippen molar-refractivity contribution in [3.8, 4) is 5.75 Å². The van der Waals surface area contributed by atoms with Crippen molar-refractivity contribution in [2.24, 2.45) is 0 Å². The number of fused-ring (bicyclic) bond motifs is 1. The van der Waals surface area contributed by atoms with Crippen LogP contribution in [0.3, 0.4) is 0 Å². The highest BCUT2D eigenvalue weighted by atomic mass is 35.5. The first kappa shape index (κ1) is 14.5. The number of rotatable bonds is 3. The van der Waals surface area contributed by atoms with Gasteiger partial charge in [0.1, 0.15) is 5.75 Å². The average molecular weight is 320 g/mol. The lowest BCUT2D eigenvalue weighted by atomic mass is 10.1. The number of hydrogen-bond acceptors (Lipinski definition) is 7. The van der Waals surface area contributed by atoms with Gasteiger partial charge in [0.2, 0.25) is 5.95 Å². The zero-order valence-electron chi connectivity index (χ0n) is 12.3. The van der Waals surface area contributed by atoms with Crippen molar-refractivity contribution in [3.05, 3.63) is 28.2 Å². The molecule has 2 N–H and O–H groups in total. The maximum atomic E-state index is 6.00. The van der Waals surface area contributed by atoms with Gasteiger partial charge in [-0.25, -0.2) is 4.68 Å². The zero-order chi connectivity index (χ0) is 15.9. The molecule has 0 aliphatic carbocycles. The fourth-order valence-corrected chi connectivity index (χ4v) is 2.53. The van der Waals surface area contributed by atoms with Crippen LogP contribution in [-0.2, 0) is 6.54 Å². The number of hydrogen-bond donors (Lipinski definition) is 1. The summed E-state index contributed by atoms with van der Waals surface area (Å²) >= 11 is 6.00. The van der Waals surface area contributed by atoms with Crippen LogP contribution in [0.4, 0.5) is 5.95 Å². The van der Waals surface area contributed by atoms with E-state index in [4.69, 9.17) is 22.1 Å². The molecule has 0 amide bonds. The van der Waals surface area contributed by atoms with Crippen LogP contribution >= 0.6 is 11.6 Å². The summed E-state index contributed by atoms with van der Waals surface area (Å²) in [6.45, 7) is 4.27. The first-order valence-corrected chi connectivity index (χ1v) is 6.90. The number of ether oxygens (including phenoxy) is 1. The summed E-state index contributed by atoms with van der Waals surface area (Å²) < 4.78 is 7.00. The van der Waals surface area contributed by atoms with Crippen LogP contribution in [0.15, 0.2) is 6.20 Å². The predicted octanol–water partition coefficient (Wildman–Crippen LogP) is 1.53. The highest BCUT2D eigenvalue weighted by molar-refractivity contribution is 6.33. The normalized spacial score (nSPS) is 11.1. The largest absolute Gasteiger partial charge is 0.496 e. The molecule has 0 unspecified atom stereocenters. The summed E-state index contributed by atoms with van der Waals surface area (Å²) in [5.74, 6) is 0.883. The Labute approximate surface area is 131 Å². The summed E-state index contributed by atoms with van der Waals surface area (Å²) in [6.07, 6.45) is 1.76. The van der Waals surface area contributed by atoms with Crippen molar-refractivity contribution in [1.82, 2.24) is 29.9 Å². The number of halogens is 1. The van der Waals surface area contributed by atoms with Crippen LogP contribution < -0.4 is 10.5 Å². The van der Waals surface area contributed by atoms with Gasteiger partial charge in [-0.15, -0.1) is 5.10 Å². The Balaban J connectivity index is 2.08. The molecule has 9 heteroatoms. The molecular weight excluding hydrogens is 306 g/mol. The Hall–Kier alpha value is -2.48. The Morgan fingerprint density at radius 1 is 1.32 bits per heavy atom. The van der Waals surface area contributed by atoms with E-state index in [0.717, 1.165) is 22.6 Å². The van der Waals surface area contributed by atoms with Gasteiger partial charge in [0.15, 0.2) is 16.3 Å². The molecule has 0 spiro atoms. The number of aryl methyl sites for hydroxylation is 1. The van der Waals surface area contributed by atoms with Crippen LogP contribution in [-0.4, -0.2) is 37.1 Å². The molecule has 22 heavy (non-hydrogen) atoms. The molecule has 114 valence electrons. The molecule has 0 aliphatic rings. The monoisotopic (exact) mass is 319 g/mol. The van der Waals surface area contributed by atoms with E-state index in [0.29, 0.717) is 17.7 Å². The van der Waals surface area contributed by atoms with Gasteiger partial charge in [0.25, 0.3) is 0 Å². The van der Waals surface area contributed by atoms with Crippen molar-refractivity contribution >= 4 is 28.7 Å². The maximum absolute atomic E-state index is 6.00. The van der Waals surface area contributed by atoms with Crippen LogP contribution in [0.5, 0.6) is 5.75 Å². The van der Waals surface area contributed by atoms with Crippen LogP contribution in [0.1, 0.15) is 16.8 Å². The highest BCUT2D eigenvalue weighted by Crippen LogP contribution is 2.25. The van der Waals surface area contributed by atoms with E-state index < -0.39 is 0 Å². The third-order valence-corrected chi connectivity index (χ3v) is 3.65. The van der Waals surface area contributed by atoms with E-state index in [-0.39, 0.29) is 11.1 Å². The van der Waals surface area contributed by atoms with Gasteiger partial charge in [-0.05, 0) is 13.8 Å². The van der Waals surface area contributed by atoms with E-state index in [1.165, 1.54) is 0 Å². The van der Waals surface area contributed by atoms with Gasteiger partial charge < -0.3 is 10.5 Å². The fraction of sp³-hybridized carbons (Fsp3) is 0.308. The van der Waals surface area contributed by atoms with Crippen LogP contribution in [0.25, 0.3) is 11.2 Å². The van der Waals surface area contributed by atoms with Crippen molar-refractivity contribution in [2.75, 3.05) is 12.8 Å². The number of anilines is 1. The van der Waals surface area contributed by atoms with Gasteiger partial charge in [-0.1, -0.05) is 16.8 Å². The topological polar surface area (TPSA) is 105 Å². The minimum absolute atomic E-state index is 0.0761. The van der Waals surface area contributed by atoms with Gasteiger partial charge in [0.05, 0.1) is 19.3 Å². The quantitative estimate of drug-likeness (QED) is 0.730. The molecular formula is C13H14ClN7O. The molecule has 3 heterocycles. The smallest absolute Gasteiger partial charge is 0.223 e. The molecule has 0 saturated heterocycles. The SMILES string of the molecule is COc1c(C)cnc(Cn2nnc3c(Cl)nc(N)nc32)c1C. The zero-order valence-corrected chi connectivity index (χ0v) is 13.1. The van der Waals surface area contributed by atoms with E-state index in [9.17, 15) is 0 Å². The standard InChI is InChI=1S/C13H14ClN7O/c1-6-4-16-8(7(2)10(6)22-3)5-21-12-9(19-20-21)11(14)17-13(15)18-12/h4H,5H2,1-3H3,(H2,15,17,18). The van der Waals surface area contributed by atoms with Crippen molar-refractivity contribution < 1.29 is 4.74 Å². The van der Waals surface area contributed by atoms with Crippen molar-refractivity contribution in [2.45, 2.75) is 20.4 Å². The first-order chi connectivity index (χ1) is 10.5. The second-order valence-corrected chi connectivity index (χ2v) is 5.20. The lowest BCUT2D eigenvalue weighted by Crippen LogP contribution is -2.08. The molecule has 0 radical (unpaired) electrons. The van der Waals surface area contributed by atoms with E-state index in [2.05, 4.69) is 25.3 Å². The second kappa shape index (κ2) is 5.38. The molecule has 0 fully saturated rings. The third-order valence-electron chi connectivity index (χ3n) is 3.39. The van der Waals surface area contributed by atoms with Gasteiger partial charge in [-0.2, -0.15) is 9.97 Å². The van der Waals surface area contributed by atoms with Gasteiger partial charge >= 0.3 is 0 Å². The Morgan fingerprint density at radius 3 is 2.82 bits per heavy atom. The molecule has 3 rings (SSSR count). The second-order valence-electron chi connectivity index (χ2n) is 4.84. The summed E-state index contributed by atoms with van der Waals surface area (Å²) in [4.78, 5) is 12.4. The van der Waals surface area contributed by atoms with Crippen molar-refractivity contribution in [1.29, 1.82) is 0 Å². The molecule has 0 aliphatic heterocycles. The number of nitrogens with two attached hydrogens (primary N) is 1. The summed E-state index contributed by atoms with van der Waals surface area (Å²) in [5.41, 5.74) is 9.24. The maximum Gasteiger partial charge on any atom is 0.223 e. The summed E-state index contributed by atoms with van der Waals surface area (Å²) in [6, 6.07) is 0. The number of methoxy groups -OCH3 is 1. The number of pyridine rings is 1. The highest BCUT2D eigenvalue weighted by Gasteiger charge is 2.15. The molecule has 0 aromatic carbocycles. The van der Waals surface area contributed by atoms with Gasteiger partial charge in [0, 0.05) is 17.3 Å². The number of nitrogens with zero attached hydrogens (tertiary/aromatic N) is 6. The van der Waals surface area contributed by atoms with Crippen LogP contribution in [0.2, 0.25) is 5.15 Å². The van der Waals surface area contributed by atoms with Crippen LogP contribution in [0, 0.1) is 13.8 Å². The fourth-order valence-electron chi connectivity index (χ4n) is 2.32. The van der Waals surface area contributed by atoms with Crippen molar-refractivity contribution in [3.63, 3.8) is 0 Å². The predicted molar refractivity (Wildman–Crippen MR) is 81.9 cm³/mol. The molecule has 8 nitrogen and oxygen atoms in total. The molecule has 3 aromatic heterocycles. The molecule has 0 bridgehead atoms. The number of nitrogen functional groups attached to an aromatic ring is 1. The minimum Gasteiger partial charge on any atom is -0.496 e. The van der Waals surface area contributed by atoms with E-state index >= 15 is 0 Å². The first-order valence-electron chi connectivity index (χ1n) is 6.52. The van der Waals surface area contributed by atoms with E-state index in [1.807, 2.05) is 13.8 Å². The Kier molecular flexibility index (Phi) is 3.53. The number of aromatic nitrogens is 6. The lowest BCUT2D eigenvalue weighted by molar-refractivity contribution is 0.406. The lowest BCUT2D eigenvalue weighted by Gasteiger charge is -2.12. The minimum atomic E-state index is 0.0761. The van der Waals surface area contributed by atoms with Gasteiger partial charge in [-0.3, -0.25) is 4.98 Å². The average Bonchev–Trinajstić information content (AvgIpc) is 2.86. The Bertz CT molecular complexity index is 861. The summed E-state index contributed by atoms with van der Waals surface area (Å²) in [5, 5.41) is 8.22. The van der Waals surface area contributed by atoms with E-state index in [1.54, 1.807) is 18.0 Å². The molecule has 0 atom stereocenters. The molecule has 3 aromatic rings.